The number of nitriles is 1. The number of aliphatic hydroxyl groups is 1. The maximum Gasteiger partial charge on any atom is 0.114 e. The summed E-state index contributed by atoms with van der Waals surface area (Å²) in [7, 11) is -1.27. The zero-order valence-corrected chi connectivity index (χ0v) is 18.1. The minimum atomic E-state index is -1.27. The third-order valence-corrected chi connectivity index (χ3v) is 6.77. The van der Waals surface area contributed by atoms with Crippen molar-refractivity contribution >= 4 is 22.6 Å². The molecule has 0 bridgehead atoms. The van der Waals surface area contributed by atoms with Crippen LogP contribution in [0, 0.1) is 25.2 Å². The molecule has 4 nitrogen and oxygen atoms in total. The van der Waals surface area contributed by atoms with E-state index < -0.39 is 16.9 Å². The van der Waals surface area contributed by atoms with E-state index in [0.717, 1.165) is 11.3 Å². The number of benzene rings is 1. The average Bonchev–Trinajstić information content (AvgIpc) is 2.59. The van der Waals surface area contributed by atoms with Gasteiger partial charge < -0.3 is 5.11 Å². The van der Waals surface area contributed by atoms with Gasteiger partial charge in [-0.3, -0.25) is 4.21 Å². The Hall–Kier alpha value is -1.68. The van der Waals surface area contributed by atoms with E-state index in [4.69, 9.17) is 0 Å². The van der Waals surface area contributed by atoms with E-state index in [0.29, 0.717) is 21.2 Å². The Bertz CT molecular complexity index is 865. The Labute approximate surface area is 168 Å². The molecule has 0 amide bonds. The molecule has 0 aliphatic rings. The molecule has 1 aromatic heterocycles. The number of aryl methyl sites for hydroxylation is 2. The van der Waals surface area contributed by atoms with Gasteiger partial charge in [-0.05, 0) is 48.6 Å². The van der Waals surface area contributed by atoms with E-state index in [1.807, 2.05) is 44.2 Å². The lowest BCUT2D eigenvalue weighted by atomic mass is 9.87. The minimum Gasteiger partial charge on any atom is -0.391 e. The Morgan fingerprint density at radius 1 is 1.26 bits per heavy atom. The van der Waals surface area contributed by atoms with Gasteiger partial charge in [0.05, 0.1) is 28.2 Å². The largest absolute Gasteiger partial charge is 0.391 e. The molecule has 0 radical (unpaired) electrons. The first kappa shape index (κ1) is 21.6. The predicted octanol–water partition coefficient (Wildman–Crippen LogP) is 4.13. The topological polar surface area (TPSA) is 74.0 Å². The smallest absolute Gasteiger partial charge is 0.114 e. The molecular formula is C21H26N2O2S2. The third-order valence-electron chi connectivity index (χ3n) is 4.16. The Morgan fingerprint density at radius 3 is 2.44 bits per heavy atom. The number of thioether (sulfide) groups is 1. The van der Waals surface area contributed by atoms with Gasteiger partial charge in [0.2, 0.25) is 0 Å². The third kappa shape index (κ3) is 5.90. The second-order valence-electron chi connectivity index (χ2n) is 7.62. The summed E-state index contributed by atoms with van der Waals surface area (Å²) < 4.78 is 12.5. The highest BCUT2D eigenvalue weighted by atomic mass is 32.2. The molecule has 0 fully saturated rings. The molecule has 2 aromatic rings. The molecule has 1 N–H and O–H groups in total. The zero-order chi connectivity index (χ0) is 20.2. The lowest BCUT2D eigenvalue weighted by molar-refractivity contribution is 0.224. The van der Waals surface area contributed by atoms with Crippen molar-refractivity contribution in [3.63, 3.8) is 0 Å². The van der Waals surface area contributed by atoms with Crippen LogP contribution >= 0.6 is 11.8 Å². The van der Waals surface area contributed by atoms with Gasteiger partial charge in [-0.25, -0.2) is 4.98 Å². The molecule has 0 aliphatic carbocycles. The summed E-state index contributed by atoms with van der Waals surface area (Å²) in [5, 5.41) is 20.2. The van der Waals surface area contributed by atoms with Gasteiger partial charge in [0.15, 0.2) is 0 Å². The predicted molar refractivity (Wildman–Crippen MR) is 112 cm³/mol. The van der Waals surface area contributed by atoms with Crippen LogP contribution in [0.2, 0.25) is 0 Å². The molecule has 0 saturated carbocycles. The van der Waals surface area contributed by atoms with Crippen molar-refractivity contribution in [3.05, 3.63) is 52.7 Å². The second kappa shape index (κ2) is 9.01. The van der Waals surface area contributed by atoms with Gasteiger partial charge in [0, 0.05) is 16.3 Å². The monoisotopic (exact) mass is 402 g/mol. The molecular weight excluding hydrogens is 376 g/mol. The Morgan fingerprint density at radius 2 is 1.89 bits per heavy atom. The van der Waals surface area contributed by atoms with Crippen molar-refractivity contribution in [1.29, 1.82) is 5.26 Å². The highest BCUT2D eigenvalue weighted by Gasteiger charge is 2.17. The summed E-state index contributed by atoms with van der Waals surface area (Å²) in [5.74, 6) is 0.505. The van der Waals surface area contributed by atoms with Gasteiger partial charge in [-0.1, -0.05) is 32.9 Å². The van der Waals surface area contributed by atoms with Gasteiger partial charge in [-0.2, -0.15) is 5.26 Å². The van der Waals surface area contributed by atoms with Crippen LogP contribution in [-0.4, -0.2) is 31.9 Å². The van der Waals surface area contributed by atoms with E-state index in [1.165, 1.54) is 17.3 Å². The van der Waals surface area contributed by atoms with E-state index in [-0.39, 0.29) is 11.2 Å². The van der Waals surface area contributed by atoms with Crippen LogP contribution in [-0.2, 0) is 16.2 Å². The number of aliphatic hydroxyl groups excluding tert-OH is 1. The standard InChI is InChI=1S/C21H26N2O2S2/c1-14-10-15(2)23-20(19(14)11-22)26-12-17(24)13-27(25)18-8-6-16(7-9-18)21(3,4)5/h6-10,17,24H,12-13H2,1-5H3/t17-,27+/m0/s1. The molecule has 0 saturated heterocycles. The lowest BCUT2D eigenvalue weighted by Gasteiger charge is -2.19. The maximum absolute atomic E-state index is 12.5. The van der Waals surface area contributed by atoms with Crippen molar-refractivity contribution in [1.82, 2.24) is 4.98 Å². The summed E-state index contributed by atoms with van der Waals surface area (Å²) in [6, 6.07) is 11.8. The number of pyridine rings is 1. The molecule has 0 aliphatic heterocycles. The van der Waals surface area contributed by atoms with E-state index in [2.05, 4.69) is 31.8 Å². The van der Waals surface area contributed by atoms with Crippen LogP contribution in [0.3, 0.4) is 0 Å². The van der Waals surface area contributed by atoms with E-state index in [9.17, 15) is 14.6 Å². The molecule has 1 aromatic carbocycles. The normalized spacial score (nSPS) is 13.8. The summed E-state index contributed by atoms with van der Waals surface area (Å²) in [6.45, 7) is 10.2. The first-order chi connectivity index (χ1) is 12.6. The number of nitrogens with zero attached hydrogens (tertiary/aromatic N) is 2. The van der Waals surface area contributed by atoms with Gasteiger partial charge in [0.1, 0.15) is 11.1 Å². The highest BCUT2D eigenvalue weighted by Crippen LogP contribution is 2.25. The minimum absolute atomic E-state index is 0.0492. The van der Waals surface area contributed by atoms with Crippen LogP contribution < -0.4 is 0 Å². The first-order valence-corrected chi connectivity index (χ1v) is 11.1. The van der Waals surface area contributed by atoms with Crippen LogP contribution in [0.5, 0.6) is 0 Å². The maximum atomic E-state index is 12.5. The average molecular weight is 403 g/mol. The van der Waals surface area contributed by atoms with Crippen molar-refractivity contribution < 1.29 is 9.32 Å². The van der Waals surface area contributed by atoms with Gasteiger partial charge in [0.25, 0.3) is 0 Å². The molecule has 27 heavy (non-hydrogen) atoms. The lowest BCUT2D eigenvalue weighted by Crippen LogP contribution is -2.20. The molecule has 1 heterocycles. The molecule has 2 atom stereocenters. The fourth-order valence-electron chi connectivity index (χ4n) is 2.64. The fraction of sp³-hybridized carbons (Fsp3) is 0.429. The van der Waals surface area contributed by atoms with Crippen molar-refractivity contribution in [3.8, 4) is 6.07 Å². The second-order valence-corrected chi connectivity index (χ2v) is 10.1. The summed E-state index contributed by atoms with van der Waals surface area (Å²) in [4.78, 5) is 5.12. The summed E-state index contributed by atoms with van der Waals surface area (Å²) in [5.41, 5.74) is 3.49. The molecule has 0 unspecified atom stereocenters. The molecule has 0 spiro atoms. The quantitative estimate of drug-likeness (QED) is 0.736. The highest BCUT2D eigenvalue weighted by molar-refractivity contribution is 7.99. The zero-order valence-electron chi connectivity index (χ0n) is 16.4. The molecule has 2 rings (SSSR count). The Balaban J connectivity index is 1.99. The van der Waals surface area contributed by atoms with Crippen LogP contribution in [0.25, 0.3) is 0 Å². The molecule has 6 heteroatoms. The van der Waals surface area contributed by atoms with Gasteiger partial charge >= 0.3 is 0 Å². The van der Waals surface area contributed by atoms with Crippen LogP contribution in [0.1, 0.15) is 43.2 Å². The molecule has 144 valence electrons. The van der Waals surface area contributed by atoms with Crippen LogP contribution in [0.4, 0.5) is 0 Å². The van der Waals surface area contributed by atoms with Gasteiger partial charge in [-0.15, -0.1) is 11.8 Å². The first-order valence-electron chi connectivity index (χ1n) is 8.80. The fourth-order valence-corrected chi connectivity index (χ4v) is 4.92. The number of aromatic nitrogens is 1. The van der Waals surface area contributed by atoms with E-state index in [1.54, 1.807) is 0 Å². The van der Waals surface area contributed by atoms with Crippen molar-refractivity contribution in [2.45, 2.75) is 56.1 Å². The van der Waals surface area contributed by atoms with Crippen molar-refractivity contribution in [2.24, 2.45) is 0 Å². The number of hydrogen-bond donors (Lipinski definition) is 1. The Kier molecular flexibility index (Phi) is 7.21. The van der Waals surface area contributed by atoms with Crippen molar-refractivity contribution in [2.75, 3.05) is 11.5 Å². The summed E-state index contributed by atoms with van der Waals surface area (Å²) >= 11 is 1.33. The summed E-state index contributed by atoms with van der Waals surface area (Å²) in [6.07, 6.45) is -0.743. The SMILES string of the molecule is Cc1cc(C)c(C#N)c(SC[C@H](O)C[S@@](=O)c2ccc(C(C)(C)C)cc2)n1. The van der Waals surface area contributed by atoms with E-state index >= 15 is 0 Å². The van der Waals surface area contributed by atoms with Crippen LogP contribution in [0.15, 0.2) is 40.3 Å². The number of hydrogen-bond acceptors (Lipinski definition) is 5. The number of rotatable bonds is 6.